The van der Waals surface area contributed by atoms with Crippen molar-refractivity contribution in [2.45, 2.75) is 39.8 Å². The lowest BCUT2D eigenvalue weighted by atomic mass is 10.2. The van der Waals surface area contributed by atoms with Gasteiger partial charge in [0.15, 0.2) is 0 Å². The Hall–Kier alpha value is -1.36. The van der Waals surface area contributed by atoms with Gasteiger partial charge in [-0.05, 0) is 33.6 Å². The molecule has 0 aliphatic heterocycles. The number of nitrogens with zero attached hydrogens (tertiary/aromatic N) is 3. The Morgan fingerprint density at radius 1 is 1.47 bits per heavy atom. The van der Waals surface area contributed by atoms with E-state index in [1.165, 1.54) is 10.5 Å². The van der Waals surface area contributed by atoms with E-state index in [1.807, 2.05) is 13.8 Å². The summed E-state index contributed by atoms with van der Waals surface area (Å²) in [5.41, 5.74) is 1.36. The minimum absolute atomic E-state index is 0.0207. The Balaban J connectivity index is 4.04. The van der Waals surface area contributed by atoms with E-state index in [9.17, 15) is 4.79 Å². The highest BCUT2D eigenvalue weighted by molar-refractivity contribution is 5.77. The van der Waals surface area contributed by atoms with Gasteiger partial charge in [0.1, 0.15) is 12.8 Å². The Labute approximate surface area is 116 Å². The molecule has 0 aromatic carbocycles. The molecule has 0 aromatic heterocycles. The van der Waals surface area contributed by atoms with Crippen molar-refractivity contribution in [1.29, 1.82) is 0 Å². The number of likely N-dealkylation sites (N-methyl/N-ethyl adjacent to an activating group) is 1. The second-order valence-electron chi connectivity index (χ2n) is 4.74. The predicted molar refractivity (Wildman–Crippen MR) is 79.0 cm³/mol. The molecule has 0 N–H and O–H groups in total. The fourth-order valence-corrected chi connectivity index (χ4v) is 1.41. The van der Waals surface area contributed by atoms with Crippen molar-refractivity contribution in [2.75, 3.05) is 27.2 Å². The summed E-state index contributed by atoms with van der Waals surface area (Å²) in [4.78, 5) is 13.1. The molecule has 19 heavy (non-hydrogen) atoms. The van der Waals surface area contributed by atoms with E-state index in [4.69, 9.17) is 4.74 Å². The first-order valence-corrected chi connectivity index (χ1v) is 6.59. The van der Waals surface area contributed by atoms with E-state index in [0.717, 1.165) is 12.8 Å². The van der Waals surface area contributed by atoms with E-state index in [-0.39, 0.29) is 18.7 Å². The molecule has 0 spiro atoms. The van der Waals surface area contributed by atoms with Crippen molar-refractivity contribution >= 4 is 12.6 Å². The van der Waals surface area contributed by atoms with E-state index in [0.29, 0.717) is 6.61 Å². The number of ether oxygens (including phenoxy) is 1. The Bertz CT molecular complexity index is 314. The first-order chi connectivity index (χ1) is 8.92. The molecule has 1 atom stereocenters. The van der Waals surface area contributed by atoms with Gasteiger partial charge in [0.25, 0.3) is 0 Å². The average molecular weight is 269 g/mol. The van der Waals surface area contributed by atoms with Crippen molar-refractivity contribution in [3.8, 4) is 0 Å². The first kappa shape index (κ1) is 17.6. The fraction of sp³-hybridized carbons (Fsp3) is 0.714. The molecule has 0 rings (SSSR count). The van der Waals surface area contributed by atoms with Gasteiger partial charge < -0.3 is 9.64 Å². The minimum atomic E-state index is -0.243. The zero-order valence-corrected chi connectivity index (χ0v) is 12.8. The highest BCUT2D eigenvalue weighted by Crippen LogP contribution is 2.07. The normalized spacial score (nSPS) is 13.0. The van der Waals surface area contributed by atoms with Crippen molar-refractivity contribution in [1.82, 2.24) is 9.91 Å². The molecule has 0 saturated carbocycles. The fourth-order valence-electron chi connectivity index (χ4n) is 1.41. The predicted octanol–water partition coefficient (Wildman–Crippen LogP) is 2.10. The minimum Gasteiger partial charge on any atom is -0.357 e. The molecule has 1 unspecified atom stereocenters. The maximum Gasteiger partial charge on any atom is 0.243 e. The summed E-state index contributed by atoms with van der Waals surface area (Å²) in [6.45, 7) is 10.3. The second-order valence-corrected chi connectivity index (χ2v) is 4.74. The zero-order valence-electron chi connectivity index (χ0n) is 12.8. The maximum atomic E-state index is 11.6. The number of allylic oxidation sites excluding steroid dienone is 2. The first-order valence-electron chi connectivity index (χ1n) is 6.59. The van der Waals surface area contributed by atoms with Crippen molar-refractivity contribution in [3.63, 3.8) is 0 Å². The third-order valence-electron chi connectivity index (χ3n) is 2.96. The lowest BCUT2D eigenvalue weighted by molar-refractivity contribution is -0.134. The molecule has 0 fully saturated rings. The number of carbonyl (C=O) groups excluding carboxylic acids is 1. The Morgan fingerprint density at radius 2 is 2.11 bits per heavy atom. The lowest BCUT2D eigenvalue weighted by Crippen LogP contribution is -2.39. The van der Waals surface area contributed by atoms with Crippen molar-refractivity contribution in [2.24, 2.45) is 5.10 Å². The topological polar surface area (TPSA) is 45.1 Å². The summed E-state index contributed by atoms with van der Waals surface area (Å²) < 4.78 is 5.66. The number of carbonyl (C=O) groups is 1. The van der Waals surface area contributed by atoms with Crippen LogP contribution >= 0.6 is 0 Å². The molecule has 5 heteroatoms. The van der Waals surface area contributed by atoms with Crippen LogP contribution in [0.3, 0.4) is 0 Å². The van der Waals surface area contributed by atoms with E-state index < -0.39 is 0 Å². The largest absolute Gasteiger partial charge is 0.357 e. The van der Waals surface area contributed by atoms with Gasteiger partial charge in [0.2, 0.25) is 5.91 Å². The van der Waals surface area contributed by atoms with Crippen LogP contribution in [0.4, 0.5) is 0 Å². The molecule has 0 bridgehead atoms. The summed E-state index contributed by atoms with van der Waals surface area (Å²) in [5.74, 6) is -0.0207. The molecule has 5 nitrogen and oxygen atoms in total. The number of hydrogen-bond donors (Lipinski definition) is 0. The van der Waals surface area contributed by atoms with Crippen LogP contribution in [-0.2, 0) is 9.53 Å². The van der Waals surface area contributed by atoms with Crippen LogP contribution in [0, 0.1) is 0 Å². The van der Waals surface area contributed by atoms with Gasteiger partial charge >= 0.3 is 0 Å². The summed E-state index contributed by atoms with van der Waals surface area (Å²) in [6.07, 6.45) is 3.86. The van der Waals surface area contributed by atoms with Crippen molar-refractivity contribution < 1.29 is 9.53 Å². The molecule has 0 aliphatic carbocycles. The number of amides is 1. The van der Waals surface area contributed by atoms with Gasteiger partial charge in [-0.1, -0.05) is 11.6 Å². The molecule has 0 saturated heterocycles. The third-order valence-corrected chi connectivity index (χ3v) is 2.96. The highest BCUT2D eigenvalue weighted by Gasteiger charge is 2.16. The van der Waals surface area contributed by atoms with Crippen LogP contribution in [0.15, 0.2) is 16.8 Å². The molecular formula is C14H27N3O2. The maximum absolute atomic E-state index is 11.6. The molecule has 0 aliphatic rings. The zero-order chi connectivity index (χ0) is 14.8. The monoisotopic (exact) mass is 269 g/mol. The second kappa shape index (κ2) is 9.55. The van der Waals surface area contributed by atoms with Gasteiger partial charge in [-0.2, -0.15) is 5.10 Å². The van der Waals surface area contributed by atoms with Gasteiger partial charge in [0, 0.05) is 27.4 Å². The Morgan fingerprint density at radius 3 is 2.58 bits per heavy atom. The van der Waals surface area contributed by atoms with Gasteiger partial charge in [-0.3, -0.25) is 9.80 Å². The molecular weight excluding hydrogens is 242 g/mol. The van der Waals surface area contributed by atoms with Crippen LogP contribution < -0.4 is 0 Å². The van der Waals surface area contributed by atoms with Crippen LogP contribution in [-0.4, -0.2) is 56.0 Å². The standard InChI is InChI=1S/C14H27N3O2/c1-7-12(2)9-8-10-19-13(3)17(15-4)11-14(18)16(5)6/h7,13H,4,8-11H2,1-3,5-6H3/b12-7+. The van der Waals surface area contributed by atoms with E-state index >= 15 is 0 Å². The Kier molecular flexibility index (Phi) is 8.87. The molecule has 0 radical (unpaired) electrons. The summed E-state index contributed by atoms with van der Waals surface area (Å²) in [5, 5.41) is 5.40. The molecule has 1 amide bonds. The van der Waals surface area contributed by atoms with Crippen LogP contribution in [0.5, 0.6) is 0 Å². The van der Waals surface area contributed by atoms with Crippen LogP contribution in [0.25, 0.3) is 0 Å². The van der Waals surface area contributed by atoms with Crippen molar-refractivity contribution in [3.05, 3.63) is 11.6 Å². The summed E-state index contributed by atoms with van der Waals surface area (Å²) >= 11 is 0. The van der Waals surface area contributed by atoms with Crippen LogP contribution in [0.1, 0.15) is 33.6 Å². The number of rotatable bonds is 9. The average Bonchev–Trinajstić information content (AvgIpc) is 2.39. The smallest absolute Gasteiger partial charge is 0.243 e. The SMILES string of the molecule is C=NN(CC(=O)N(C)C)C(C)OCCC/C(C)=C/C. The molecule has 110 valence electrons. The van der Waals surface area contributed by atoms with Crippen LogP contribution in [0.2, 0.25) is 0 Å². The molecule has 0 heterocycles. The highest BCUT2D eigenvalue weighted by atomic mass is 16.5. The number of hydrogen-bond acceptors (Lipinski definition) is 4. The van der Waals surface area contributed by atoms with E-state index in [1.54, 1.807) is 19.1 Å². The summed E-state index contributed by atoms with van der Waals surface area (Å²) in [6, 6.07) is 0. The third kappa shape index (κ3) is 7.62. The summed E-state index contributed by atoms with van der Waals surface area (Å²) in [7, 11) is 3.43. The number of hydrazone groups is 1. The lowest BCUT2D eigenvalue weighted by Gasteiger charge is -2.26. The quantitative estimate of drug-likeness (QED) is 0.212. The van der Waals surface area contributed by atoms with Gasteiger partial charge in [-0.15, -0.1) is 0 Å². The van der Waals surface area contributed by atoms with E-state index in [2.05, 4.69) is 24.8 Å². The van der Waals surface area contributed by atoms with Gasteiger partial charge in [0.05, 0.1) is 0 Å². The van der Waals surface area contributed by atoms with Gasteiger partial charge in [-0.25, -0.2) is 0 Å². The molecule has 0 aromatic rings.